The second-order valence-corrected chi connectivity index (χ2v) is 2.00. The van der Waals surface area contributed by atoms with Crippen LogP contribution >= 0.6 is 0 Å². The molecule has 1 amide bonds. The van der Waals surface area contributed by atoms with E-state index in [0.717, 1.165) is 0 Å². The zero-order valence-corrected chi connectivity index (χ0v) is 6.39. The van der Waals surface area contributed by atoms with Crippen molar-refractivity contribution >= 4 is 11.9 Å². The molecule has 0 aliphatic carbocycles. The van der Waals surface area contributed by atoms with E-state index in [4.69, 9.17) is 10.6 Å². The Balaban J connectivity index is 4.13. The van der Waals surface area contributed by atoms with Crippen molar-refractivity contribution in [2.45, 2.75) is 13.0 Å². The molecule has 0 aliphatic rings. The van der Waals surface area contributed by atoms with Gasteiger partial charge in [-0.15, -0.1) is 0 Å². The maximum atomic E-state index is 10.4. The number of azide groups is 1. The van der Waals surface area contributed by atoms with Crippen LogP contribution in [0, 0.1) is 0 Å². The van der Waals surface area contributed by atoms with Crippen molar-refractivity contribution in [2.24, 2.45) is 5.11 Å². The van der Waals surface area contributed by atoms with E-state index >= 15 is 0 Å². The van der Waals surface area contributed by atoms with Gasteiger partial charge in [0.25, 0.3) is 0 Å². The molecule has 0 aromatic heterocycles. The van der Waals surface area contributed by atoms with Crippen molar-refractivity contribution in [1.29, 1.82) is 0 Å². The predicted octanol–water partition coefficient (Wildman–Crippen LogP) is -0.114. The highest BCUT2D eigenvalue weighted by Crippen LogP contribution is 1.86. The van der Waals surface area contributed by atoms with Gasteiger partial charge >= 0.3 is 5.97 Å². The highest BCUT2D eigenvalue weighted by atomic mass is 16.4. The lowest BCUT2D eigenvalue weighted by atomic mass is 10.3. The topological polar surface area (TPSA) is 115 Å². The molecule has 0 unspecified atom stereocenters. The van der Waals surface area contributed by atoms with E-state index in [1.807, 2.05) is 0 Å². The number of hydrogen-bond donors (Lipinski definition) is 2. The predicted molar refractivity (Wildman–Crippen MR) is 39.3 cm³/mol. The van der Waals surface area contributed by atoms with Gasteiger partial charge in [0.1, 0.15) is 6.04 Å². The minimum Gasteiger partial charge on any atom is -0.480 e. The summed E-state index contributed by atoms with van der Waals surface area (Å²) in [5, 5.41) is 13.6. The standard InChI is InChI=1S/C5H8N4O3/c1-3(10)8-4(5(11)12)2-7-9-6/h4H,2H2,1H3,(H,8,10)(H,11,12)/t4-/m1/s1. The fourth-order valence-electron chi connectivity index (χ4n) is 0.549. The molecule has 0 heterocycles. The lowest BCUT2D eigenvalue weighted by Crippen LogP contribution is -2.41. The monoisotopic (exact) mass is 172 g/mol. The first-order valence-electron chi connectivity index (χ1n) is 3.08. The molecule has 0 aliphatic heterocycles. The molecule has 12 heavy (non-hydrogen) atoms. The van der Waals surface area contributed by atoms with Crippen molar-refractivity contribution in [3.63, 3.8) is 0 Å². The Hall–Kier alpha value is -1.75. The molecule has 0 aromatic rings. The van der Waals surface area contributed by atoms with Crippen LogP contribution in [0.5, 0.6) is 0 Å². The van der Waals surface area contributed by atoms with Gasteiger partial charge in [-0.25, -0.2) is 4.79 Å². The molecular formula is C5H8N4O3. The number of rotatable bonds is 4. The number of hydrogen-bond acceptors (Lipinski definition) is 3. The van der Waals surface area contributed by atoms with Crippen LogP contribution in [0.4, 0.5) is 0 Å². The molecule has 0 saturated carbocycles. The number of carboxylic acid groups (broad SMARTS) is 1. The first-order chi connectivity index (χ1) is 5.57. The Morgan fingerprint density at radius 2 is 2.33 bits per heavy atom. The molecule has 1 atom stereocenters. The van der Waals surface area contributed by atoms with Crippen molar-refractivity contribution < 1.29 is 14.7 Å². The Labute approximate surface area is 68.0 Å². The second-order valence-electron chi connectivity index (χ2n) is 2.00. The van der Waals surface area contributed by atoms with Crippen molar-refractivity contribution in [3.8, 4) is 0 Å². The number of amides is 1. The average Bonchev–Trinajstić information content (AvgIpc) is 1.96. The summed E-state index contributed by atoms with van der Waals surface area (Å²) in [6, 6.07) is -1.14. The van der Waals surface area contributed by atoms with Gasteiger partial charge in [0.15, 0.2) is 0 Å². The molecule has 0 aromatic carbocycles. The number of carbonyl (C=O) groups excluding carboxylic acids is 1. The normalized spacial score (nSPS) is 11.1. The SMILES string of the molecule is CC(=O)N[C@H](CN=[N+]=[N-])C(=O)O. The number of aliphatic carboxylic acids is 1. The van der Waals surface area contributed by atoms with E-state index in [1.54, 1.807) is 0 Å². The maximum absolute atomic E-state index is 10.4. The molecule has 0 rings (SSSR count). The number of nitrogens with one attached hydrogen (secondary N) is 1. The van der Waals surface area contributed by atoms with E-state index in [9.17, 15) is 9.59 Å². The van der Waals surface area contributed by atoms with E-state index in [2.05, 4.69) is 15.3 Å². The van der Waals surface area contributed by atoms with Gasteiger partial charge in [-0.05, 0) is 5.53 Å². The van der Waals surface area contributed by atoms with E-state index in [1.165, 1.54) is 6.92 Å². The number of nitrogens with zero attached hydrogens (tertiary/aromatic N) is 3. The summed E-state index contributed by atoms with van der Waals surface area (Å²) in [4.78, 5) is 23.1. The number of carboxylic acids is 1. The third-order valence-corrected chi connectivity index (χ3v) is 1.00. The van der Waals surface area contributed by atoms with Crippen LogP contribution in [0.25, 0.3) is 10.4 Å². The van der Waals surface area contributed by atoms with Gasteiger partial charge in [0, 0.05) is 11.8 Å². The summed E-state index contributed by atoms with van der Waals surface area (Å²) >= 11 is 0. The van der Waals surface area contributed by atoms with Gasteiger partial charge in [-0.1, -0.05) is 5.11 Å². The van der Waals surface area contributed by atoms with Crippen LogP contribution in [0.3, 0.4) is 0 Å². The zero-order valence-electron chi connectivity index (χ0n) is 6.39. The Morgan fingerprint density at radius 1 is 1.75 bits per heavy atom. The molecule has 7 heteroatoms. The zero-order chi connectivity index (χ0) is 9.56. The van der Waals surface area contributed by atoms with Crippen molar-refractivity contribution in [2.75, 3.05) is 6.54 Å². The molecule has 7 nitrogen and oxygen atoms in total. The summed E-state index contributed by atoms with van der Waals surface area (Å²) < 4.78 is 0. The highest BCUT2D eigenvalue weighted by molar-refractivity contribution is 5.82. The van der Waals surface area contributed by atoms with Crippen LogP contribution in [-0.2, 0) is 9.59 Å². The third-order valence-electron chi connectivity index (χ3n) is 1.00. The molecule has 66 valence electrons. The van der Waals surface area contributed by atoms with Crippen molar-refractivity contribution in [3.05, 3.63) is 10.4 Å². The van der Waals surface area contributed by atoms with Gasteiger partial charge in [-0.3, -0.25) is 4.79 Å². The lowest BCUT2D eigenvalue weighted by Gasteiger charge is -2.08. The van der Waals surface area contributed by atoms with Crippen LogP contribution in [0.2, 0.25) is 0 Å². The Kier molecular flexibility index (Phi) is 4.25. The molecule has 0 saturated heterocycles. The molecule has 2 N–H and O–H groups in total. The third kappa shape index (κ3) is 4.13. The summed E-state index contributed by atoms with van der Waals surface area (Å²) in [5.41, 5.74) is 7.88. The lowest BCUT2D eigenvalue weighted by molar-refractivity contribution is -0.141. The smallest absolute Gasteiger partial charge is 0.326 e. The largest absolute Gasteiger partial charge is 0.480 e. The van der Waals surface area contributed by atoms with Crippen LogP contribution < -0.4 is 5.32 Å². The average molecular weight is 172 g/mol. The minimum atomic E-state index is -1.22. The molecular weight excluding hydrogens is 164 g/mol. The second kappa shape index (κ2) is 4.97. The van der Waals surface area contributed by atoms with Gasteiger partial charge in [0.05, 0.1) is 6.54 Å². The maximum Gasteiger partial charge on any atom is 0.326 e. The summed E-state index contributed by atoms with van der Waals surface area (Å²) in [6.07, 6.45) is 0. The Morgan fingerprint density at radius 3 is 2.67 bits per heavy atom. The summed E-state index contributed by atoms with van der Waals surface area (Å²) in [5.74, 6) is -1.70. The summed E-state index contributed by atoms with van der Waals surface area (Å²) in [6.45, 7) is 0.900. The molecule has 0 fully saturated rings. The van der Waals surface area contributed by atoms with Gasteiger partial charge in [-0.2, -0.15) is 0 Å². The van der Waals surface area contributed by atoms with Crippen molar-refractivity contribution in [1.82, 2.24) is 5.32 Å². The number of carbonyl (C=O) groups is 2. The van der Waals surface area contributed by atoms with Gasteiger partial charge < -0.3 is 10.4 Å². The van der Waals surface area contributed by atoms with Crippen LogP contribution in [0.1, 0.15) is 6.92 Å². The molecule has 0 radical (unpaired) electrons. The van der Waals surface area contributed by atoms with E-state index in [-0.39, 0.29) is 6.54 Å². The van der Waals surface area contributed by atoms with E-state index < -0.39 is 17.9 Å². The quantitative estimate of drug-likeness (QED) is 0.350. The van der Waals surface area contributed by atoms with Crippen LogP contribution in [0.15, 0.2) is 5.11 Å². The first-order valence-corrected chi connectivity index (χ1v) is 3.08. The fraction of sp³-hybridized carbons (Fsp3) is 0.600. The summed E-state index contributed by atoms with van der Waals surface area (Å²) in [7, 11) is 0. The minimum absolute atomic E-state index is 0.286. The fourth-order valence-corrected chi connectivity index (χ4v) is 0.549. The van der Waals surface area contributed by atoms with Crippen LogP contribution in [-0.4, -0.2) is 29.6 Å². The molecule has 0 bridgehead atoms. The molecule has 0 spiro atoms. The van der Waals surface area contributed by atoms with E-state index in [0.29, 0.717) is 0 Å². The highest BCUT2D eigenvalue weighted by Gasteiger charge is 2.16. The van der Waals surface area contributed by atoms with Gasteiger partial charge in [0.2, 0.25) is 5.91 Å². The first kappa shape index (κ1) is 10.2. The Bertz CT molecular complexity index is 229.